The number of carbonyl (C=O) groups excluding carboxylic acids is 3. The Balaban J connectivity index is 4.38. The molecule has 0 saturated carbocycles. The summed E-state index contributed by atoms with van der Waals surface area (Å²) < 4.78 is 16.8. The number of unbranched alkanes of at least 4 members (excludes halogenated alkanes) is 31. The van der Waals surface area contributed by atoms with Crippen LogP contribution in [-0.2, 0) is 28.6 Å². The molecule has 0 aromatic carbocycles. The van der Waals surface area contributed by atoms with Crippen molar-refractivity contribution >= 4 is 17.9 Å². The van der Waals surface area contributed by atoms with Crippen LogP contribution < -0.4 is 0 Å². The second-order valence-corrected chi connectivity index (χ2v) is 19.2. The van der Waals surface area contributed by atoms with Crippen LogP contribution in [0.3, 0.4) is 0 Å². The van der Waals surface area contributed by atoms with Gasteiger partial charge in [0.1, 0.15) is 13.2 Å². The third-order valence-electron chi connectivity index (χ3n) is 12.5. The van der Waals surface area contributed by atoms with E-state index >= 15 is 0 Å². The first-order valence-electron chi connectivity index (χ1n) is 28.8. The van der Waals surface area contributed by atoms with Gasteiger partial charge in [0.05, 0.1) is 0 Å². The Kier molecular flexibility index (Phi) is 53.3. The van der Waals surface area contributed by atoms with E-state index in [-0.39, 0.29) is 37.5 Å². The Morgan fingerprint density at radius 2 is 0.612 bits per heavy atom. The fraction of sp³-hybridized carbons (Fsp3) is 0.787. The first kappa shape index (κ1) is 64.1. The van der Waals surface area contributed by atoms with Crippen LogP contribution in [0.4, 0.5) is 0 Å². The minimum Gasteiger partial charge on any atom is -0.462 e. The summed E-state index contributed by atoms with van der Waals surface area (Å²) in [7, 11) is 0. The number of rotatable bonds is 52. The highest BCUT2D eigenvalue weighted by molar-refractivity contribution is 5.71. The van der Waals surface area contributed by atoms with Crippen molar-refractivity contribution < 1.29 is 28.6 Å². The minimum atomic E-state index is -0.797. The molecule has 0 heterocycles. The maximum Gasteiger partial charge on any atom is 0.306 e. The molecule has 67 heavy (non-hydrogen) atoms. The molecule has 0 aromatic heterocycles. The predicted octanol–water partition coefficient (Wildman–Crippen LogP) is 19.2. The van der Waals surface area contributed by atoms with Gasteiger partial charge in [-0.15, -0.1) is 0 Å². The molecule has 0 aromatic rings. The van der Waals surface area contributed by atoms with Crippen molar-refractivity contribution in [3.63, 3.8) is 0 Å². The van der Waals surface area contributed by atoms with Crippen LogP contribution in [0.15, 0.2) is 60.8 Å². The molecule has 6 heteroatoms. The average Bonchev–Trinajstić information content (AvgIpc) is 3.33. The van der Waals surface area contributed by atoms with Gasteiger partial charge in [-0.05, 0) is 70.6 Å². The fourth-order valence-corrected chi connectivity index (χ4v) is 8.22. The van der Waals surface area contributed by atoms with Crippen molar-refractivity contribution in [2.24, 2.45) is 0 Å². The highest BCUT2D eigenvalue weighted by atomic mass is 16.6. The van der Waals surface area contributed by atoms with Gasteiger partial charge in [0.25, 0.3) is 0 Å². The van der Waals surface area contributed by atoms with Crippen molar-refractivity contribution in [1.29, 1.82) is 0 Å². The molecule has 0 radical (unpaired) electrons. The van der Waals surface area contributed by atoms with Crippen LogP contribution in [0.1, 0.15) is 290 Å². The third-order valence-corrected chi connectivity index (χ3v) is 12.5. The lowest BCUT2D eigenvalue weighted by Gasteiger charge is -2.18. The topological polar surface area (TPSA) is 78.9 Å². The lowest BCUT2D eigenvalue weighted by Crippen LogP contribution is -2.30. The smallest absolute Gasteiger partial charge is 0.306 e. The van der Waals surface area contributed by atoms with Gasteiger partial charge >= 0.3 is 17.9 Å². The molecular weight excluding hydrogens is 829 g/mol. The van der Waals surface area contributed by atoms with Gasteiger partial charge in [-0.25, -0.2) is 0 Å². The first-order valence-corrected chi connectivity index (χ1v) is 28.8. The van der Waals surface area contributed by atoms with Crippen LogP contribution in [0.25, 0.3) is 0 Å². The molecule has 6 nitrogen and oxygen atoms in total. The molecule has 1 atom stereocenters. The fourth-order valence-electron chi connectivity index (χ4n) is 8.22. The number of esters is 3. The van der Waals surface area contributed by atoms with Crippen molar-refractivity contribution in [2.75, 3.05) is 13.2 Å². The van der Waals surface area contributed by atoms with Gasteiger partial charge in [0.2, 0.25) is 0 Å². The van der Waals surface area contributed by atoms with Gasteiger partial charge < -0.3 is 14.2 Å². The van der Waals surface area contributed by atoms with E-state index in [1.807, 2.05) is 6.08 Å². The molecule has 0 N–H and O–H groups in total. The van der Waals surface area contributed by atoms with Crippen LogP contribution in [0.5, 0.6) is 0 Å². The normalized spacial score (nSPS) is 12.5. The molecule has 1 unspecified atom stereocenters. The average molecular weight is 938 g/mol. The maximum absolute atomic E-state index is 12.8. The Hall–Kier alpha value is -2.89. The van der Waals surface area contributed by atoms with E-state index in [1.54, 1.807) is 0 Å². The molecular formula is C61H108O6. The molecule has 0 saturated heterocycles. The molecule has 0 amide bonds. The molecule has 0 aliphatic carbocycles. The van der Waals surface area contributed by atoms with E-state index in [0.717, 1.165) is 70.6 Å². The molecule has 0 aliphatic heterocycles. The molecule has 0 rings (SSSR count). The van der Waals surface area contributed by atoms with Crippen LogP contribution in [0, 0.1) is 0 Å². The van der Waals surface area contributed by atoms with E-state index in [9.17, 15) is 14.4 Å². The Labute approximate surface area is 415 Å². The monoisotopic (exact) mass is 937 g/mol. The summed E-state index contributed by atoms with van der Waals surface area (Å²) in [5.74, 6) is -0.954. The zero-order valence-corrected chi connectivity index (χ0v) is 44.4. The lowest BCUT2D eigenvalue weighted by molar-refractivity contribution is -0.166. The molecule has 0 spiro atoms. The number of allylic oxidation sites excluding steroid dienone is 10. The number of hydrogen-bond acceptors (Lipinski definition) is 6. The van der Waals surface area contributed by atoms with Crippen LogP contribution in [-0.4, -0.2) is 37.2 Å². The van der Waals surface area contributed by atoms with Gasteiger partial charge in [-0.2, -0.15) is 0 Å². The molecule has 0 fully saturated rings. The van der Waals surface area contributed by atoms with E-state index < -0.39 is 6.10 Å². The summed E-state index contributed by atoms with van der Waals surface area (Å²) in [5.41, 5.74) is 0. The van der Waals surface area contributed by atoms with Gasteiger partial charge in [0, 0.05) is 19.3 Å². The lowest BCUT2D eigenvalue weighted by atomic mass is 10.0. The van der Waals surface area contributed by atoms with Gasteiger partial charge in [0.15, 0.2) is 6.10 Å². The first-order chi connectivity index (χ1) is 33.0. The van der Waals surface area contributed by atoms with E-state index in [0.29, 0.717) is 19.3 Å². The molecule has 0 bridgehead atoms. The SMILES string of the molecule is CC/C=C/C/C=C/C/C=C/CCCCCCCCCCCC(=O)OCC(COC(=O)CC/C=C/C/C=C/CCCCCCCC)OC(=O)CCCCCCCCCCCCCCCCCCC. The zero-order valence-electron chi connectivity index (χ0n) is 44.4. The summed E-state index contributed by atoms with van der Waals surface area (Å²) >= 11 is 0. The Morgan fingerprint density at radius 3 is 1.00 bits per heavy atom. The minimum absolute atomic E-state index is 0.0916. The summed E-state index contributed by atoms with van der Waals surface area (Å²) in [5, 5.41) is 0. The highest BCUT2D eigenvalue weighted by Crippen LogP contribution is 2.16. The van der Waals surface area contributed by atoms with Crippen molar-refractivity contribution in [3.8, 4) is 0 Å². The summed E-state index contributed by atoms with van der Waals surface area (Å²) in [6.45, 7) is 6.50. The zero-order chi connectivity index (χ0) is 48.6. The Bertz CT molecular complexity index is 1210. The van der Waals surface area contributed by atoms with Gasteiger partial charge in [-0.3, -0.25) is 14.4 Å². The number of ether oxygens (including phenoxy) is 3. The van der Waals surface area contributed by atoms with E-state index in [1.165, 1.54) is 173 Å². The second-order valence-electron chi connectivity index (χ2n) is 19.2. The Morgan fingerprint density at radius 1 is 0.313 bits per heavy atom. The summed E-state index contributed by atoms with van der Waals surface area (Å²) in [6, 6.07) is 0. The largest absolute Gasteiger partial charge is 0.462 e. The van der Waals surface area contributed by atoms with Crippen LogP contribution in [0.2, 0.25) is 0 Å². The van der Waals surface area contributed by atoms with Crippen molar-refractivity contribution in [2.45, 2.75) is 297 Å². The van der Waals surface area contributed by atoms with Crippen molar-refractivity contribution in [3.05, 3.63) is 60.8 Å². The van der Waals surface area contributed by atoms with E-state index in [2.05, 4.69) is 75.5 Å². The van der Waals surface area contributed by atoms with Crippen LogP contribution >= 0.6 is 0 Å². The third kappa shape index (κ3) is 53.9. The number of hydrogen-bond donors (Lipinski definition) is 0. The predicted molar refractivity (Wildman–Crippen MR) is 288 cm³/mol. The second kappa shape index (κ2) is 55.7. The summed E-state index contributed by atoms with van der Waals surface area (Å²) in [4.78, 5) is 38.1. The van der Waals surface area contributed by atoms with Crippen molar-refractivity contribution in [1.82, 2.24) is 0 Å². The maximum atomic E-state index is 12.8. The highest BCUT2D eigenvalue weighted by Gasteiger charge is 2.19. The standard InChI is InChI=1S/C61H108O6/c1-4-7-10-13-16-19-22-25-27-29-30-32-33-36-39-42-45-48-51-54-60(63)66-57-58(56-65-59(62)53-50-47-44-41-38-35-24-21-18-15-12-9-6-3)67-61(64)55-52-49-46-43-40-37-34-31-28-26-23-20-17-14-11-8-5-2/h7,10,16,19,25,27,35,38,44,47,58H,4-6,8-9,11-15,17-18,20-24,26,28-34,36-37,39-43,45-46,48-57H2,1-3H3/b10-7+,19-16+,27-25+,38-35+,47-44+. The van der Waals surface area contributed by atoms with E-state index in [4.69, 9.17) is 14.2 Å². The number of carbonyl (C=O) groups is 3. The van der Waals surface area contributed by atoms with Gasteiger partial charge in [-0.1, -0.05) is 261 Å². The molecule has 388 valence electrons. The summed E-state index contributed by atoms with van der Waals surface area (Å²) in [6.07, 6.45) is 69.4. The molecule has 0 aliphatic rings. The quantitative estimate of drug-likeness (QED) is 0.0262.